The van der Waals surface area contributed by atoms with Gasteiger partial charge in [0.2, 0.25) is 0 Å². The third-order valence-electron chi connectivity index (χ3n) is 4.05. The zero-order valence-corrected chi connectivity index (χ0v) is 12.8. The average Bonchev–Trinajstić information content (AvgIpc) is 2.82. The van der Waals surface area contributed by atoms with E-state index in [0.717, 1.165) is 6.42 Å². The van der Waals surface area contributed by atoms with Crippen LogP contribution in [0, 0.1) is 17.8 Å². The fourth-order valence-corrected chi connectivity index (χ4v) is 3.11. The highest BCUT2D eigenvalue weighted by atomic mass is 14.4. The zero-order chi connectivity index (χ0) is 15.3. The van der Waals surface area contributed by atoms with Crippen molar-refractivity contribution in [1.29, 1.82) is 0 Å². The lowest BCUT2D eigenvalue weighted by atomic mass is 9.70. The highest BCUT2D eigenvalue weighted by Crippen LogP contribution is 2.49. The summed E-state index contributed by atoms with van der Waals surface area (Å²) in [6.45, 7) is 8.55. The van der Waals surface area contributed by atoms with Gasteiger partial charge in [-0.2, -0.15) is 0 Å². The van der Waals surface area contributed by atoms with E-state index >= 15 is 0 Å². The zero-order valence-electron chi connectivity index (χ0n) is 12.8. The van der Waals surface area contributed by atoms with E-state index in [1.165, 1.54) is 11.1 Å². The van der Waals surface area contributed by atoms with E-state index in [1.54, 1.807) is 6.08 Å². The largest absolute Gasteiger partial charge is 0.115 e. The lowest BCUT2D eigenvalue weighted by Crippen LogP contribution is -2.26. The van der Waals surface area contributed by atoms with E-state index in [2.05, 4.69) is 74.9 Å². The van der Waals surface area contributed by atoms with Gasteiger partial charge in [0.05, 0.1) is 0 Å². The molecule has 1 atom stereocenters. The summed E-state index contributed by atoms with van der Waals surface area (Å²) >= 11 is 0. The van der Waals surface area contributed by atoms with Gasteiger partial charge in [-0.25, -0.2) is 0 Å². The number of benzene rings is 1. The third-order valence-corrected chi connectivity index (χ3v) is 4.05. The summed E-state index contributed by atoms with van der Waals surface area (Å²) in [4.78, 5) is 0. The number of hydrogen-bond donors (Lipinski definition) is 0. The molecule has 0 nitrogen and oxygen atoms in total. The first-order chi connectivity index (χ1) is 10.0. The molecule has 1 aromatic carbocycles. The molecule has 106 valence electrons. The third kappa shape index (κ3) is 3.09. The molecule has 21 heavy (non-hydrogen) atoms. The second kappa shape index (κ2) is 6.02. The minimum atomic E-state index is -0.120. The van der Waals surface area contributed by atoms with Crippen molar-refractivity contribution >= 4 is 0 Å². The summed E-state index contributed by atoms with van der Waals surface area (Å²) in [6.07, 6.45) is 18.6. The van der Waals surface area contributed by atoms with Crippen LogP contribution in [0.2, 0.25) is 0 Å². The minimum Gasteiger partial charge on any atom is -0.115 e. The SMILES string of the molecule is C#C/C=C\C=C(/C=C)C1(c2ccccc2)C=CC(C)(C)C1. The van der Waals surface area contributed by atoms with E-state index in [1.807, 2.05) is 12.2 Å². The Hall–Kier alpha value is -2.26. The molecule has 0 spiro atoms. The maximum absolute atomic E-state index is 5.29. The van der Waals surface area contributed by atoms with Crippen LogP contribution in [0.15, 0.2) is 78.9 Å². The fourth-order valence-electron chi connectivity index (χ4n) is 3.11. The molecule has 1 aliphatic carbocycles. The number of terminal acetylenes is 1. The Bertz CT molecular complexity index is 632. The van der Waals surface area contributed by atoms with Crippen LogP contribution < -0.4 is 0 Å². The molecule has 0 saturated heterocycles. The molecule has 0 aliphatic heterocycles. The second-order valence-corrected chi connectivity index (χ2v) is 6.19. The van der Waals surface area contributed by atoms with Crippen LogP contribution in [0.5, 0.6) is 0 Å². The number of hydrogen-bond acceptors (Lipinski definition) is 0. The van der Waals surface area contributed by atoms with Crippen LogP contribution in [-0.4, -0.2) is 0 Å². The quantitative estimate of drug-likeness (QED) is 0.401. The van der Waals surface area contributed by atoms with Crippen molar-refractivity contribution in [2.75, 3.05) is 0 Å². The Labute approximate surface area is 128 Å². The standard InChI is InChI=1S/C21H22/c1-5-7-9-12-18(6-2)21(16-15-20(3,4)17-21)19-13-10-8-11-14-19/h1,6-16H,2,17H2,3-4H3/b9-7-,18-12+. The van der Waals surface area contributed by atoms with Crippen LogP contribution in [-0.2, 0) is 5.41 Å². The predicted octanol–water partition coefficient (Wildman–Crippen LogP) is 5.21. The van der Waals surface area contributed by atoms with Gasteiger partial charge in [-0.1, -0.05) is 87.1 Å². The maximum atomic E-state index is 5.29. The molecular weight excluding hydrogens is 252 g/mol. The molecule has 1 unspecified atom stereocenters. The summed E-state index contributed by atoms with van der Waals surface area (Å²) in [5, 5.41) is 0. The highest BCUT2D eigenvalue weighted by molar-refractivity contribution is 5.50. The lowest BCUT2D eigenvalue weighted by Gasteiger charge is -2.33. The van der Waals surface area contributed by atoms with Crippen molar-refractivity contribution in [2.45, 2.75) is 25.7 Å². The number of rotatable bonds is 4. The Morgan fingerprint density at radius 2 is 1.95 bits per heavy atom. The number of allylic oxidation sites excluding steroid dienone is 7. The van der Waals surface area contributed by atoms with Crippen LogP contribution >= 0.6 is 0 Å². The first-order valence-corrected chi connectivity index (χ1v) is 7.26. The topological polar surface area (TPSA) is 0 Å². The highest BCUT2D eigenvalue weighted by Gasteiger charge is 2.41. The summed E-state index contributed by atoms with van der Waals surface area (Å²) in [5.74, 6) is 2.53. The van der Waals surface area contributed by atoms with Crippen molar-refractivity contribution in [1.82, 2.24) is 0 Å². The van der Waals surface area contributed by atoms with Crippen LogP contribution in [0.25, 0.3) is 0 Å². The van der Waals surface area contributed by atoms with E-state index < -0.39 is 0 Å². The predicted molar refractivity (Wildman–Crippen MR) is 91.9 cm³/mol. The minimum absolute atomic E-state index is 0.120. The van der Waals surface area contributed by atoms with Crippen molar-refractivity contribution in [3.05, 3.63) is 84.5 Å². The lowest BCUT2D eigenvalue weighted by molar-refractivity contribution is 0.401. The van der Waals surface area contributed by atoms with Crippen LogP contribution in [0.1, 0.15) is 25.8 Å². The van der Waals surface area contributed by atoms with Gasteiger partial charge in [-0.3, -0.25) is 0 Å². The second-order valence-electron chi connectivity index (χ2n) is 6.19. The van der Waals surface area contributed by atoms with Crippen LogP contribution in [0.4, 0.5) is 0 Å². The van der Waals surface area contributed by atoms with Crippen molar-refractivity contribution in [3.8, 4) is 12.3 Å². The van der Waals surface area contributed by atoms with E-state index in [4.69, 9.17) is 6.42 Å². The Morgan fingerprint density at radius 3 is 2.48 bits per heavy atom. The van der Waals surface area contributed by atoms with Crippen molar-refractivity contribution in [3.63, 3.8) is 0 Å². The smallest absolute Gasteiger partial charge is 0.0389 e. The first kappa shape index (κ1) is 15.1. The monoisotopic (exact) mass is 274 g/mol. The summed E-state index contributed by atoms with van der Waals surface area (Å²) in [6, 6.07) is 10.6. The molecule has 0 N–H and O–H groups in total. The van der Waals surface area contributed by atoms with E-state index in [0.29, 0.717) is 0 Å². The van der Waals surface area contributed by atoms with Gasteiger partial charge >= 0.3 is 0 Å². The molecule has 2 rings (SSSR count). The van der Waals surface area contributed by atoms with Gasteiger partial charge in [0.15, 0.2) is 0 Å². The molecule has 0 heteroatoms. The molecule has 0 amide bonds. The molecule has 1 aromatic rings. The van der Waals surface area contributed by atoms with Gasteiger partial charge < -0.3 is 0 Å². The Morgan fingerprint density at radius 1 is 1.24 bits per heavy atom. The van der Waals surface area contributed by atoms with E-state index in [-0.39, 0.29) is 10.8 Å². The Balaban J connectivity index is 2.56. The summed E-state index contributed by atoms with van der Waals surface area (Å²) in [5.41, 5.74) is 2.54. The van der Waals surface area contributed by atoms with E-state index in [9.17, 15) is 0 Å². The molecule has 0 heterocycles. The summed E-state index contributed by atoms with van der Waals surface area (Å²) in [7, 11) is 0. The van der Waals surface area contributed by atoms with Gasteiger partial charge in [-0.15, -0.1) is 6.42 Å². The molecule has 0 aromatic heterocycles. The molecule has 0 fully saturated rings. The first-order valence-electron chi connectivity index (χ1n) is 7.26. The Kier molecular flexibility index (Phi) is 4.34. The van der Waals surface area contributed by atoms with Gasteiger partial charge in [0, 0.05) is 5.41 Å². The van der Waals surface area contributed by atoms with Crippen molar-refractivity contribution in [2.24, 2.45) is 5.41 Å². The molecule has 1 aliphatic rings. The van der Waals surface area contributed by atoms with Crippen molar-refractivity contribution < 1.29 is 0 Å². The van der Waals surface area contributed by atoms with Gasteiger partial charge in [0.1, 0.15) is 0 Å². The van der Waals surface area contributed by atoms with Gasteiger partial charge in [0.25, 0.3) is 0 Å². The fraction of sp³-hybridized carbons (Fsp3) is 0.238. The van der Waals surface area contributed by atoms with Gasteiger partial charge in [-0.05, 0) is 29.0 Å². The normalized spacial score (nSPS) is 24.1. The van der Waals surface area contributed by atoms with Crippen LogP contribution in [0.3, 0.4) is 0 Å². The average molecular weight is 274 g/mol. The molecule has 0 radical (unpaired) electrons. The molecule has 0 bridgehead atoms. The molecular formula is C21H22. The maximum Gasteiger partial charge on any atom is 0.0389 e. The molecule has 0 saturated carbocycles. The summed E-state index contributed by atoms with van der Waals surface area (Å²) < 4.78 is 0.